The number of nitrogens with one attached hydrogen (secondary N) is 1. The fourth-order valence-corrected chi connectivity index (χ4v) is 3.59. The summed E-state index contributed by atoms with van der Waals surface area (Å²) < 4.78 is 10.6. The molecule has 3 rings (SSSR count). The smallest absolute Gasteiger partial charge is 0.407 e. The molecule has 0 atom stereocenters. The van der Waals surface area contributed by atoms with Crippen LogP contribution >= 0.6 is 0 Å². The van der Waals surface area contributed by atoms with Crippen molar-refractivity contribution in [3.8, 4) is 17.0 Å². The molecule has 0 aliphatic carbocycles. The van der Waals surface area contributed by atoms with Crippen molar-refractivity contribution in [1.82, 2.24) is 15.2 Å². The largest absolute Gasteiger partial charge is 0.497 e. The van der Waals surface area contributed by atoms with Crippen LogP contribution in [0.3, 0.4) is 0 Å². The summed E-state index contributed by atoms with van der Waals surface area (Å²) in [6.45, 7) is 8.96. The van der Waals surface area contributed by atoms with Crippen LogP contribution in [0.5, 0.6) is 5.75 Å². The molecule has 1 aromatic heterocycles. The second-order valence-corrected chi connectivity index (χ2v) is 8.70. The van der Waals surface area contributed by atoms with Gasteiger partial charge in [-0.2, -0.15) is 0 Å². The maximum atomic E-state index is 13.3. The Labute approximate surface area is 183 Å². The van der Waals surface area contributed by atoms with Gasteiger partial charge in [0.1, 0.15) is 11.4 Å². The van der Waals surface area contributed by atoms with E-state index in [2.05, 4.69) is 5.32 Å². The van der Waals surface area contributed by atoms with Crippen molar-refractivity contribution >= 4 is 12.0 Å². The van der Waals surface area contributed by atoms with Crippen LogP contribution in [0.2, 0.25) is 0 Å². The lowest BCUT2D eigenvalue weighted by Gasteiger charge is -2.22. The minimum absolute atomic E-state index is 0.0289. The molecule has 2 heterocycles. The molecular weight excluding hydrogens is 394 g/mol. The van der Waals surface area contributed by atoms with Gasteiger partial charge >= 0.3 is 6.09 Å². The van der Waals surface area contributed by atoms with E-state index in [1.165, 1.54) is 0 Å². The minimum atomic E-state index is -0.593. The topological polar surface area (TPSA) is 80.8 Å². The molecule has 2 amide bonds. The maximum Gasteiger partial charge on any atom is 0.407 e. The van der Waals surface area contributed by atoms with Gasteiger partial charge in [0.15, 0.2) is 0 Å². The van der Waals surface area contributed by atoms with Crippen LogP contribution in [0.25, 0.3) is 11.3 Å². The number of pyridine rings is 1. The molecule has 0 radical (unpaired) electrons. The van der Waals surface area contributed by atoms with E-state index in [0.717, 1.165) is 37.2 Å². The lowest BCUT2D eigenvalue weighted by molar-refractivity contribution is 0.0522. The molecule has 1 fully saturated rings. The Morgan fingerprint density at radius 3 is 2.35 bits per heavy atom. The van der Waals surface area contributed by atoms with E-state index in [-0.39, 0.29) is 12.5 Å². The first kappa shape index (κ1) is 22.6. The number of ether oxygens (including phenoxy) is 2. The summed E-state index contributed by atoms with van der Waals surface area (Å²) in [5, 5.41) is 2.77. The first-order valence-electron chi connectivity index (χ1n) is 10.6. The first-order chi connectivity index (χ1) is 14.7. The zero-order valence-corrected chi connectivity index (χ0v) is 18.9. The molecule has 0 unspecified atom stereocenters. The van der Waals surface area contributed by atoms with Crippen molar-refractivity contribution in [1.29, 1.82) is 0 Å². The average molecular weight is 426 g/mol. The Hall–Kier alpha value is -3.09. The quantitative estimate of drug-likeness (QED) is 0.771. The summed E-state index contributed by atoms with van der Waals surface area (Å²) in [6.07, 6.45) is 1.49. The summed E-state index contributed by atoms with van der Waals surface area (Å²) in [5.41, 5.74) is 2.99. The van der Waals surface area contributed by atoms with Gasteiger partial charge in [-0.1, -0.05) is 0 Å². The summed E-state index contributed by atoms with van der Waals surface area (Å²) in [4.78, 5) is 32.1. The number of alkyl carbamates (subject to hydrolysis) is 1. The van der Waals surface area contributed by atoms with Crippen LogP contribution in [0.4, 0.5) is 4.79 Å². The summed E-state index contributed by atoms with van der Waals surface area (Å²) >= 11 is 0. The fourth-order valence-electron chi connectivity index (χ4n) is 3.59. The normalized spacial score (nSPS) is 13.8. The average Bonchev–Trinajstić information content (AvgIpc) is 3.25. The fraction of sp³-hybridized carbons (Fsp3) is 0.458. The number of benzene rings is 1. The Morgan fingerprint density at radius 2 is 1.77 bits per heavy atom. The molecule has 1 aromatic carbocycles. The molecule has 31 heavy (non-hydrogen) atoms. The second kappa shape index (κ2) is 9.37. The summed E-state index contributed by atoms with van der Waals surface area (Å²) in [5.74, 6) is 0.728. The van der Waals surface area contributed by atoms with Crippen LogP contribution in [0.1, 0.15) is 55.2 Å². The summed E-state index contributed by atoms with van der Waals surface area (Å²) in [6, 6.07) is 9.40. The Balaban J connectivity index is 1.94. The highest BCUT2D eigenvalue weighted by Crippen LogP contribution is 2.26. The highest BCUT2D eigenvalue weighted by molar-refractivity contribution is 5.97. The lowest BCUT2D eigenvalue weighted by Crippen LogP contribution is -2.34. The van der Waals surface area contributed by atoms with Crippen molar-refractivity contribution in [2.75, 3.05) is 20.2 Å². The first-order valence-corrected chi connectivity index (χ1v) is 10.6. The van der Waals surface area contributed by atoms with Crippen molar-refractivity contribution < 1.29 is 19.1 Å². The van der Waals surface area contributed by atoms with E-state index in [9.17, 15) is 9.59 Å². The Kier molecular flexibility index (Phi) is 6.83. The molecule has 2 aromatic rings. The van der Waals surface area contributed by atoms with Gasteiger partial charge in [0.25, 0.3) is 5.91 Å². The van der Waals surface area contributed by atoms with Gasteiger partial charge < -0.3 is 19.7 Å². The van der Waals surface area contributed by atoms with Crippen LogP contribution in [-0.2, 0) is 11.3 Å². The Bertz CT molecular complexity index is 943. The van der Waals surface area contributed by atoms with E-state index in [4.69, 9.17) is 14.5 Å². The highest BCUT2D eigenvalue weighted by Gasteiger charge is 2.25. The van der Waals surface area contributed by atoms with Gasteiger partial charge in [-0.25, -0.2) is 4.79 Å². The number of aromatic nitrogens is 1. The van der Waals surface area contributed by atoms with E-state index in [1.807, 2.05) is 62.9 Å². The van der Waals surface area contributed by atoms with Gasteiger partial charge in [-0.05, 0) is 70.9 Å². The molecule has 0 bridgehead atoms. The molecule has 1 aliphatic rings. The molecule has 1 saturated heterocycles. The number of hydrogen-bond donors (Lipinski definition) is 1. The van der Waals surface area contributed by atoms with Gasteiger partial charge in [-0.3, -0.25) is 9.78 Å². The van der Waals surface area contributed by atoms with Crippen LogP contribution < -0.4 is 10.1 Å². The van der Waals surface area contributed by atoms with Crippen LogP contribution in [0, 0.1) is 6.92 Å². The molecule has 0 saturated carbocycles. The monoisotopic (exact) mass is 425 g/mol. The number of methoxy groups -OCH3 is 1. The number of rotatable bonds is 5. The van der Waals surface area contributed by atoms with Crippen LogP contribution in [0.15, 0.2) is 30.3 Å². The van der Waals surface area contributed by atoms with E-state index >= 15 is 0 Å². The molecule has 7 nitrogen and oxygen atoms in total. The van der Waals surface area contributed by atoms with E-state index in [0.29, 0.717) is 22.5 Å². The molecule has 0 spiro atoms. The highest BCUT2D eigenvalue weighted by atomic mass is 16.6. The zero-order valence-electron chi connectivity index (χ0n) is 18.9. The number of carbonyl (C=O) groups is 2. The van der Waals surface area contributed by atoms with E-state index < -0.39 is 11.7 Å². The molecule has 1 aliphatic heterocycles. The summed E-state index contributed by atoms with van der Waals surface area (Å²) in [7, 11) is 1.62. The number of carbonyl (C=O) groups excluding carboxylic acids is 2. The molecule has 166 valence electrons. The van der Waals surface area contributed by atoms with E-state index in [1.54, 1.807) is 7.11 Å². The predicted molar refractivity (Wildman–Crippen MR) is 119 cm³/mol. The lowest BCUT2D eigenvalue weighted by atomic mass is 10.0. The number of likely N-dealkylation sites (tertiary alicyclic amines) is 1. The van der Waals surface area contributed by atoms with Crippen molar-refractivity contribution in [2.45, 2.75) is 52.7 Å². The van der Waals surface area contributed by atoms with Crippen molar-refractivity contribution in [3.05, 3.63) is 47.2 Å². The number of hydrogen-bond acceptors (Lipinski definition) is 5. The van der Waals surface area contributed by atoms with Gasteiger partial charge in [-0.15, -0.1) is 0 Å². The third-order valence-corrected chi connectivity index (χ3v) is 5.15. The van der Waals surface area contributed by atoms with Gasteiger partial charge in [0.2, 0.25) is 0 Å². The molecular formula is C24H31N3O4. The number of aryl methyl sites for hydroxylation is 1. The maximum absolute atomic E-state index is 13.3. The number of nitrogens with zero attached hydrogens (tertiary/aromatic N) is 2. The second-order valence-electron chi connectivity index (χ2n) is 8.70. The minimum Gasteiger partial charge on any atom is -0.497 e. The standard InChI is InChI=1S/C24H31N3O4/c1-16-20(15-25-23(29)31-24(2,3)4)19(22(28)27-12-6-7-13-27)14-21(26-16)17-8-10-18(30-5)11-9-17/h8-11,14H,6-7,12-13,15H2,1-5H3,(H,25,29). The molecule has 7 heteroatoms. The zero-order chi connectivity index (χ0) is 22.6. The van der Waals surface area contributed by atoms with Gasteiger partial charge in [0, 0.05) is 42.0 Å². The van der Waals surface area contributed by atoms with Crippen LogP contribution in [-0.4, -0.2) is 47.7 Å². The number of amides is 2. The SMILES string of the molecule is COc1ccc(-c2cc(C(=O)N3CCCC3)c(CNC(=O)OC(C)(C)C)c(C)n2)cc1. The van der Waals surface area contributed by atoms with Crippen molar-refractivity contribution in [3.63, 3.8) is 0 Å². The third-order valence-electron chi connectivity index (χ3n) is 5.15. The Morgan fingerprint density at radius 1 is 1.13 bits per heavy atom. The predicted octanol–water partition coefficient (Wildman–Crippen LogP) is 4.33. The van der Waals surface area contributed by atoms with Gasteiger partial charge in [0.05, 0.1) is 12.8 Å². The third kappa shape index (κ3) is 5.75. The molecule has 1 N–H and O–H groups in total. The van der Waals surface area contributed by atoms with Crippen molar-refractivity contribution in [2.24, 2.45) is 0 Å².